The predicted octanol–water partition coefficient (Wildman–Crippen LogP) is -0.202. The van der Waals surface area contributed by atoms with Gasteiger partial charge in [0, 0.05) is 0 Å². The van der Waals surface area contributed by atoms with E-state index in [0.717, 1.165) is 0 Å². The smallest absolute Gasteiger partial charge is 0.328 e. The fourth-order valence-corrected chi connectivity index (χ4v) is 0.653. The van der Waals surface area contributed by atoms with E-state index < -0.39 is 5.56 Å². The minimum atomic E-state index is -0.597. The van der Waals surface area contributed by atoms with Crippen molar-refractivity contribution in [3.63, 3.8) is 0 Å². The number of ether oxygens (including phenoxy) is 1. The van der Waals surface area contributed by atoms with E-state index in [2.05, 4.69) is 9.72 Å². The summed E-state index contributed by atoms with van der Waals surface area (Å²) in [6, 6.07) is 0. The van der Waals surface area contributed by atoms with Crippen LogP contribution in [0.2, 0.25) is 0 Å². The lowest BCUT2D eigenvalue weighted by atomic mass is 10.5. The van der Waals surface area contributed by atoms with Gasteiger partial charge in [-0.3, -0.25) is 4.79 Å². The molecule has 0 fully saturated rings. The van der Waals surface area contributed by atoms with Crippen LogP contribution in [0, 0.1) is 6.92 Å². The number of hydrogen-bond donors (Lipinski definition) is 1. The van der Waals surface area contributed by atoms with Crippen molar-refractivity contribution >= 4 is 0 Å². The number of rotatable bonds is 1. The third-order valence-electron chi connectivity index (χ3n) is 1.30. The third kappa shape index (κ3) is 1.17. The first-order valence-corrected chi connectivity index (χ1v) is 2.98. The summed E-state index contributed by atoms with van der Waals surface area (Å²) < 4.78 is 5.07. The minimum absolute atomic E-state index is 0.0260. The van der Waals surface area contributed by atoms with E-state index in [1.165, 1.54) is 20.2 Å². The SMILES string of the molecule is COc1cnc(C)n(O)c1=O. The maximum absolute atomic E-state index is 11.0. The van der Waals surface area contributed by atoms with Crippen LogP contribution in [0.15, 0.2) is 11.0 Å². The van der Waals surface area contributed by atoms with Crippen LogP contribution in [-0.2, 0) is 0 Å². The molecule has 0 unspecified atom stereocenters. The number of methoxy groups -OCH3 is 1. The van der Waals surface area contributed by atoms with Crippen LogP contribution in [0.1, 0.15) is 5.82 Å². The first kappa shape index (κ1) is 7.59. The maximum atomic E-state index is 11.0. The maximum Gasteiger partial charge on any atom is 0.328 e. The number of aromatic nitrogens is 2. The van der Waals surface area contributed by atoms with Gasteiger partial charge in [-0.05, 0) is 6.92 Å². The molecule has 0 spiro atoms. The van der Waals surface area contributed by atoms with E-state index in [1.807, 2.05) is 0 Å². The average Bonchev–Trinajstić information content (AvgIpc) is 2.01. The van der Waals surface area contributed by atoms with Crippen molar-refractivity contribution in [2.45, 2.75) is 6.92 Å². The van der Waals surface area contributed by atoms with Crippen molar-refractivity contribution in [2.75, 3.05) is 7.11 Å². The summed E-state index contributed by atoms with van der Waals surface area (Å²) in [6.45, 7) is 1.51. The molecule has 0 saturated heterocycles. The third-order valence-corrected chi connectivity index (χ3v) is 1.30. The quantitative estimate of drug-likeness (QED) is 0.572. The largest absolute Gasteiger partial charge is 0.490 e. The second-order valence-corrected chi connectivity index (χ2v) is 1.99. The van der Waals surface area contributed by atoms with Crippen molar-refractivity contribution in [3.05, 3.63) is 22.4 Å². The van der Waals surface area contributed by atoms with Gasteiger partial charge in [0.2, 0.25) is 5.75 Å². The molecule has 0 radical (unpaired) electrons. The van der Waals surface area contributed by atoms with Crippen LogP contribution in [0.5, 0.6) is 5.75 Å². The molecular weight excluding hydrogens is 148 g/mol. The second kappa shape index (κ2) is 2.61. The van der Waals surface area contributed by atoms with E-state index in [1.54, 1.807) is 0 Å². The Balaban J connectivity index is 3.37. The van der Waals surface area contributed by atoms with Crippen LogP contribution in [0.3, 0.4) is 0 Å². The van der Waals surface area contributed by atoms with Gasteiger partial charge < -0.3 is 9.94 Å². The molecule has 0 amide bonds. The van der Waals surface area contributed by atoms with Crippen molar-refractivity contribution < 1.29 is 9.94 Å². The van der Waals surface area contributed by atoms with Crippen molar-refractivity contribution in [1.29, 1.82) is 0 Å². The Bertz CT molecular complexity index is 318. The molecule has 5 heteroatoms. The highest BCUT2D eigenvalue weighted by Gasteiger charge is 2.04. The van der Waals surface area contributed by atoms with Gasteiger partial charge >= 0.3 is 5.56 Å². The summed E-state index contributed by atoms with van der Waals surface area (Å²) in [6.07, 6.45) is 1.27. The molecule has 11 heavy (non-hydrogen) atoms. The summed E-state index contributed by atoms with van der Waals surface area (Å²) in [5.74, 6) is 0.258. The molecule has 0 aliphatic rings. The van der Waals surface area contributed by atoms with E-state index in [9.17, 15) is 4.79 Å². The molecular formula is C6H8N2O3. The first-order valence-electron chi connectivity index (χ1n) is 2.98. The topological polar surface area (TPSA) is 64.3 Å². The molecule has 1 rings (SSSR count). The Morgan fingerprint density at radius 3 is 2.91 bits per heavy atom. The fraction of sp³-hybridized carbons (Fsp3) is 0.333. The minimum Gasteiger partial charge on any atom is -0.490 e. The molecule has 60 valence electrons. The summed E-state index contributed by atoms with van der Waals surface area (Å²) in [4.78, 5) is 14.7. The number of nitrogens with zero attached hydrogens (tertiary/aromatic N) is 2. The molecule has 1 aromatic heterocycles. The van der Waals surface area contributed by atoms with Gasteiger partial charge in [-0.25, -0.2) is 4.98 Å². The Morgan fingerprint density at radius 1 is 1.73 bits per heavy atom. The van der Waals surface area contributed by atoms with Gasteiger partial charge in [-0.2, -0.15) is 0 Å². The molecule has 5 nitrogen and oxygen atoms in total. The van der Waals surface area contributed by atoms with Crippen LogP contribution < -0.4 is 10.3 Å². The summed E-state index contributed by atoms with van der Waals surface area (Å²) >= 11 is 0. The monoisotopic (exact) mass is 156 g/mol. The van der Waals surface area contributed by atoms with Gasteiger partial charge in [-0.15, -0.1) is 4.73 Å². The fourth-order valence-electron chi connectivity index (χ4n) is 0.653. The normalized spacial score (nSPS) is 9.64. The number of hydrogen-bond acceptors (Lipinski definition) is 4. The first-order chi connectivity index (χ1) is 5.16. The zero-order chi connectivity index (χ0) is 8.43. The van der Waals surface area contributed by atoms with E-state index in [-0.39, 0.29) is 11.6 Å². The van der Waals surface area contributed by atoms with Crippen molar-refractivity contribution in [2.24, 2.45) is 0 Å². The van der Waals surface area contributed by atoms with Gasteiger partial charge in [0.05, 0.1) is 13.3 Å². The molecule has 1 aromatic rings. The highest BCUT2D eigenvalue weighted by atomic mass is 16.5. The van der Waals surface area contributed by atoms with Gasteiger partial charge in [0.15, 0.2) is 0 Å². The Hall–Kier alpha value is -1.52. The lowest BCUT2D eigenvalue weighted by molar-refractivity contribution is 0.159. The summed E-state index contributed by atoms with van der Waals surface area (Å²) in [5.41, 5.74) is -0.597. The standard InChI is InChI=1S/C6H8N2O3/c1-4-7-3-5(11-2)6(9)8(4)10/h3,10H,1-2H3. The predicted molar refractivity (Wildman–Crippen MR) is 37.0 cm³/mol. The zero-order valence-electron chi connectivity index (χ0n) is 6.24. The van der Waals surface area contributed by atoms with Crippen LogP contribution in [-0.4, -0.2) is 22.0 Å². The van der Waals surface area contributed by atoms with Crippen LogP contribution in [0.25, 0.3) is 0 Å². The van der Waals surface area contributed by atoms with Gasteiger partial charge in [0.1, 0.15) is 5.82 Å². The number of aryl methyl sites for hydroxylation is 1. The molecule has 0 saturated carbocycles. The highest BCUT2D eigenvalue weighted by Crippen LogP contribution is 1.98. The van der Waals surface area contributed by atoms with Gasteiger partial charge in [0.25, 0.3) is 0 Å². The molecule has 0 aliphatic carbocycles. The van der Waals surface area contributed by atoms with E-state index in [0.29, 0.717) is 4.73 Å². The lowest BCUT2D eigenvalue weighted by Crippen LogP contribution is -2.22. The van der Waals surface area contributed by atoms with Crippen LogP contribution >= 0.6 is 0 Å². The second-order valence-electron chi connectivity index (χ2n) is 1.99. The van der Waals surface area contributed by atoms with Crippen molar-refractivity contribution in [3.8, 4) is 5.75 Å². The average molecular weight is 156 g/mol. The zero-order valence-corrected chi connectivity index (χ0v) is 6.24. The Kier molecular flexibility index (Phi) is 1.80. The molecule has 0 aromatic carbocycles. The highest BCUT2D eigenvalue weighted by molar-refractivity contribution is 5.12. The van der Waals surface area contributed by atoms with Crippen LogP contribution in [0.4, 0.5) is 0 Å². The lowest BCUT2D eigenvalue weighted by Gasteiger charge is -2.01. The molecule has 1 N–H and O–H groups in total. The van der Waals surface area contributed by atoms with E-state index in [4.69, 9.17) is 5.21 Å². The summed E-state index contributed by atoms with van der Waals surface area (Å²) in [7, 11) is 1.34. The molecule has 1 heterocycles. The van der Waals surface area contributed by atoms with Gasteiger partial charge in [-0.1, -0.05) is 0 Å². The molecule has 0 bridgehead atoms. The Labute approximate surface area is 62.8 Å². The molecule has 0 atom stereocenters. The Morgan fingerprint density at radius 2 is 2.36 bits per heavy atom. The van der Waals surface area contributed by atoms with E-state index >= 15 is 0 Å². The molecule has 0 aliphatic heterocycles. The van der Waals surface area contributed by atoms with Crippen molar-refractivity contribution in [1.82, 2.24) is 9.71 Å². The summed E-state index contributed by atoms with van der Waals surface area (Å²) in [5, 5.41) is 8.98.